The minimum Gasteiger partial charge on any atom is -0.317 e. The van der Waals surface area contributed by atoms with Gasteiger partial charge >= 0.3 is 0 Å². The molecule has 0 spiro atoms. The summed E-state index contributed by atoms with van der Waals surface area (Å²) in [6.07, 6.45) is 5.47. The number of nitrogens with zero attached hydrogens (tertiary/aromatic N) is 4. The zero-order valence-corrected chi connectivity index (χ0v) is 16.1. The zero-order valence-electron chi connectivity index (χ0n) is 14.5. The minimum absolute atomic E-state index is 0.0724. The van der Waals surface area contributed by atoms with Crippen molar-refractivity contribution in [2.24, 2.45) is 0 Å². The molecular weight excluding hydrogens is 392 g/mol. The Hall–Kier alpha value is -2.65. The molecule has 26 heavy (non-hydrogen) atoms. The molecule has 5 nitrogen and oxygen atoms in total. The minimum atomic E-state index is 0.0724. The Bertz CT molecular complexity index is 934. The van der Waals surface area contributed by atoms with Gasteiger partial charge in [-0.05, 0) is 56.2 Å². The maximum atomic E-state index is 12.3. The summed E-state index contributed by atoms with van der Waals surface area (Å²) in [7, 11) is 0. The summed E-state index contributed by atoms with van der Waals surface area (Å²) in [6, 6.07) is 13.5. The summed E-state index contributed by atoms with van der Waals surface area (Å²) in [6.45, 7) is 2.79. The van der Waals surface area contributed by atoms with Crippen LogP contribution in [-0.4, -0.2) is 25.5 Å². The Balaban J connectivity index is 1.92. The van der Waals surface area contributed by atoms with Crippen LogP contribution in [0.2, 0.25) is 0 Å². The summed E-state index contributed by atoms with van der Waals surface area (Å²) in [5.41, 5.74) is 4.33. The number of aryl methyl sites for hydroxylation is 2. The number of aromatic nitrogens is 3. The molecule has 0 bridgehead atoms. The number of Topliss-reactive ketones (excluding diaryl/α,β-unsaturated/α-hetero) is 1. The summed E-state index contributed by atoms with van der Waals surface area (Å²) in [5, 5.41) is 13.5. The number of alkyl halides is 1. The monoisotopic (exact) mass is 410 g/mol. The van der Waals surface area contributed by atoms with Crippen molar-refractivity contribution in [2.75, 3.05) is 5.33 Å². The summed E-state index contributed by atoms with van der Waals surface area (Å²) in [4.78, 5) is 12.3. The first-order chi connectivity index (χ1) is 12.6. The Labute approximate surface area is 161 Å². The molecule has 2 aromatic heterocycles. The van der Waals surface area contributed by atoms with E-state index in [9.17, 15) is 4.79 Å². The Morgan fingerprint density at radius 1 is 1.31 bits per heavy atom. The highest BCUT2D eigenvalue weighted by Crippen LogP contribution is 2.24. The van der Waals surface area contributed by atoms with E-state index in [0.717, 1.165) is 42.0 Å². The second kappa shape index (κ2) is 8.15. The molecule has 0 atom stereocenters. The quantitative estimate of drug-likeness (QED) is 0.435. The van der Waals surface area contributed by atoms with Crippen molar-refractivity contribution in [3.63, 3.8) is 0 Å². The first-order valence-corrected chi connectivity index (χ1v) is 9.54. The molecule has 0 saturated heterocycles. The van der Waals surface area contributed by atoms with Crippen molar-refractivity contribution in [1.82, 2.24) is 14.3 Å². The first kappa shape index (κ1) is 18.2. The van der Waals surface area contributed by atoms with Gasteiger partial charge < -0.3 is 4.57 Å². The second-order valence-electron chi connectivity index (χ2n) is 6.06. The lowest BCUT2D eigenvalue weighted by Gasteiger charge is -2.12. The maximum absolute atomic E-state index is 12.3. The number of hydrogen-bond acceptors (Lipinski definition) is 3. The van der Waals surface area contributed by atoms with Crippen LogP contribution in [0, 0.1) is 18.3 Å². The number of ketones is 1. The average molecular weight is 411 g/mol. The molecule has 0 fully saturated rings. The number of carbonyl (C=O) groups excluding carboxylic acids is 1. The van der Waals surface area contributed by atoms with Crippen LogP contribution in [0.4, 0.5) is 0 Å². The summed E-state index contributed by atoms with van der Waals surface area (Å²) < 4.78 is 4.02. The largest absolute Gasteiger partial charge is 0.317 e. The topological polar surface area (TPSA) is 63.6 Å². The number of rotatable bonds is 7. The Morgan fingerprint density at radius 3 is 2.69 bits per heavy atom. The maximum Gasteiger partial charge on any atom is 0.175 e. The van der Waals surface area contributed by atoms with Crippen molar-refractivity contribution >= 4 is 21.7 Å². The fraction of sp³-hybridized carbons (Fsp3) is 0.250. The molecule has 6 heteroatoms. The van der Waals surface area contributed by atoms with E-state index in [-0.39, 0.29) is 5.78 Å². The molecule has 3 rings (SSSR count). The molecular formula is C20H19BrN4O. The second-order valence-corrected chi connectivity index (χ2v) is 6.62. The van der Waals surface area contributed by atoms with Crippen LogP contribution in [0.1, 0.15) is 33.7 Å². The molecule has 3 aromatic rings. The predicted molar refractivity (Wildman–Crippen MR) is 104 cm³/mol. The normalized spacial score (nSPS) is 10.7. The summed E-state index contributed by atoms with van der Waals surface area (Å²) in [5.74, 6) is 0.0724. The fourth-order valence-electron chi connectivity index (χ4n) is 3.11. The van der Waals surface area contributed by atoms with E-state index in [0.29, 0.717) is 10.9 Å². The van der Waals surface area contributed by atoms with Crippen molar-refractivity contribution in [3.05, 3.63) is 71.3 Å². The highest BCUT2D eigenvalue weighted by atomic mass is 79.9. The molecule has 1 aromatic carbocycles. The molecule has 0 saturated carbocycles. The third kappa shape index (κ3) is 3.78. The third-order valence-electron chi connectivity index (χ3n) is 4.38. The van der Waals surface area contributed by atoms with E-state index in [1.807, 2.05) is 42.1 Å². The van der Waals surface area contributed by atoms with E-state index >= 15 is 0 Å². The van der Waals surface area contributed by atoms with Crippen molar-refractivity contribution in [1.29, 1.82) is 5.26 Å². The first-order valence-electron chi connectivity index (χ1n) is 8.42. The number of benzene rings is 1. The number of halogens is 1. The molecule has 0 amide bonds. The lowest BCUT2D eigenvalue weighted by Crippen LogP contribution is -2.06. The van der Waals surface area contributed by atoms with Gasteiger partial charge in [-0.2, -0.15) is 10.4 Å². The van der Waals surface area contributed by atoms with Gasteiger partial charge in [-0.3, -0.25) is 9.48 Å². The molecule has 132 valence electrons. The van der Waals surface area contributed by atoms with Gasteiger partial charge in [0.2, 0.25) is 0 Å². The van der Waals surface area contributed by atoms with Gasteiger partial charge in [0.25, 0.3) is 0 Å². The molecule has 0 unspecified atom stereocenters. The fourth-order valence-corrected chi connectivity index (χ4v) is 3.41. The molecule has 0 radical (unpaired) electrons. The van der Waals surface area contributed by atoms with Gasteiger partial charge in [0.1, 0.15) is 0 Å². The highest BCUT2D eigenvalue weighted by Gasteiger charge is 2.17. The SMILES string of the molecule is Cc1c(C(=O)CBr)cc(CCCn2cccn2)n1-c1ccc(C#N)cc1. The number of carbonyl (C=O) groups is 1. The van der Waals surface area contributed by atoms with E-state index in [4.69, 9.17) is 5.26 Å². The van der Waals surface area contributed by atoms with E-state index < -0.39 is 0 Å². The highest BCUT2D eigenvalue weighted by molar-refractivity contribution is 9.09. The van der Waals surface area contributed by atoms with Crippen LogP contribution >= 0.6 is 15.9 Å². The van der Waals surface area contributed by atoms with Crippen molar-refractivity contribution < 1.29 is 4.79 Å². The molecule has 0 N–H and O–H groups in total. The molecule has 2 heterocycles. The predicted octanol–water partition coefficient (Wildman–Crippen LogP) is 4.06. The average Bonchev–Trinajstić information content (AvgIpc) is 3.29. The van der Waals surface area contributed by atoms with Crippen molar-refractivity contribution in [2.45, 2.75) is 26.3 Å². The van der Waals surface area contributed by atoms with Gasteiger partial charge in [-0.15, -0.1) is 0 Å². The van der Waals surface area contributed by atoms with Gasteiger partial charge in [0.05, 0.1) is 17.0 Å². The summed E-state index contributed by atoms with van der Waals surface area (Å²) >= 11 is 3.27. The smallest absolute Gasteiger partial charge is 0.175 e. The van der Waals surface area contributed by atoms with Crippen LogP contribution in [-0.2, 0) is 13.0 Å². The molecule has 0 aliphatic heterocycles. The third-order valence-corrected chi connectivity index (χ3v) is 4.89. The van der Waals surface area contributed by atoms with E-state index in [1.165, 1.54) is 0 Å². The van der Waals surface area contributed by atoms with Crippen LogP contribution in [0.5, 0.6) is 0 Å². The lowest BCUT2D eigenvalue weighted by molar-refractivity contribution is 0.102. The van der Waals surface area contributed by atoms with Crippen molar-refractivity contribution in [3.8, 4) is 11.8 Å². The molecule has 0 aliphatic carbocycles. The molecule has 0 aliphatic rings. The van der Waals surface area contributed by atoms with Gasteiger partial charge in [-0.1, -0.05) is 15.9 Å². The zero-order chi connectivity index (χ0) is 18.5. The Kier molecular flexibility index (Phi) is 5.69. The standard InChI is InChI=1S/C20H19BrN4O/c1-15-19(20(26)13-21)12-18(4-2-10-24-11-3-9-23-24)25(15)17-7-5-16(14-22)6-8-17/h3,5-9,11-12H,2,4,10,13H2,1H3. The number of hydrogen-bond donors (Lipinski definition) is 0. The van der Waals surface area contributed by atoms with Crippen LogP contribution in [0.25, 0.3) is 5.69 Å². The van der Waals surface area contributed by atoms with Crippen LogP contribution in [0.15, 0.2) is 48.8 Å². The Morgan fingerprint density at radius 2 is 2.08 bits per heavy atom. The van der Waals surface area contributed by atoms with Gasteiger partial charge in [-0.25, -0.2) is 0 Å². The van der Waals surface area contributed by atoms with E-state index in [2.05, 4.69) is 31.7 Å². The van der Waals surface area contributed by atoms with Crippen LogP contribution < -0.4 is 0 Å². The lowest BCUT2D eigenvalue weighted by atomic mass is 10.1. The van der Waals surface area contributed by atoms with Crippen LogP contribution in [0.3, 0.4) is 0 Å². The van der Waals surface area contributed by atoms with Gasteiger partial charge in [0.15, 0.2) is 5.78 Å². The number of nitriles is 1. The van der Waals surface area contributed by atoms with Gasteiger partial charge in [0, 0.05) is 41.6 Å². The van der Waals surface area contributed by atoms with E-state index in [1.54, 1.807) is 18.3 Å².